The number of hydrogen-bond acceptors (Lipinski definition) is 2. The van der Waals surface area contributed by atoms with Gasteiger partial charge < -0.3 is 5.73 Å². The molecule has 0 heterocycles. The first-order valence-corrected chi connectivity index (χ1v) is 4.80. The number of rotatable bonds is 4. The highest BCUT2D eigenvalue weighted by Gasteiger charge is 2.05. The summed E-state index contributed by atoms with van der Waals surface area (Å²) in [6, 6.07) is 3.82. The molecular formula is C10H12F2N2S. The van der Waals surface area contributed by atoms with Crippen LogP contribution in [0.15, 0.2) is 18.2 Å². The lowest BCUT2D eigenvalue weighted by Crippen LogP contribution is -2.28. The largest absolute Gasteiger partial charge is 0.392 e. The second-order valence-electron chi connectivity index (χ2n) is 3.39. The second kappa shape index (κ2) is 5.14. The van der Waals surface area contributed by atoms with E-state index < -0.39 is 11.6 Å². The summed E-state index contributed by atoms with van der Waals surface area (Å²) in [5, 5.41) is 0. The Kier molecular flexibility index (Phi) is 4.11. The number of nitrogens with zero attached hydrogens (tertiary/aromatic N) is 1. The lowest BCUT2D eigenvalue weighted by Gasteiger charge is -2.15. The number of benzene rings is 1. The molecular weight excluding hydrogens is 218 g/mol. The average molecular weight is 230 g/mol. The maximum absolute atomic E-state index is 12.8. The van der Waals surface area contributed by atoms with Gasteiger partial charge in [0.2, 0.25) is 0 Å². The van der Waals surface area contributed by atoms with E-state index in [1.165, 1.54) is 12.1 Å². The lowest BCUT2D eigenvalue weighted by atomic mass is 10.2. The first kappa shape index (κ1) is 12.0. The van der Waals surface area contributed by atoms with Gasteiger partial charge in [-0.25, -0.2) is 8.78 Å². The Morgan fingerprint density at radius 3 is 2.60 bits per heavy atom. The van der Waals surface area contributed by atoms with Gasteiger partial charge in [-0.05, 0) is 24.7 Å². The van der Waals surface area contributed by atoms with Crippen molar-refractivity contribution in [2.45, 2.75) is 6.54 Å². The molecule has 82 valence electrons. The standard InChI is InChI=1S/C10H12F2N2S/c1-14(6-10(13)15)5-7-2-3-8(11)9(12)4-7/h2-4H,5-6H2,1H3,(H2,13,15). The van der Waals surface area contributed by atoms with Gasteiger partial charge in [0, 0.05) is 13.1 Å². The van der Waals surface area contributed by atoms with Gasteiger partial charge >= 0.3 is 0 Å². The Morgan fingerprint density at radius 1 is 1.40 bits per heavy atom. The van der Waals surface area contributed by atoms with Crippen LogP contribution in [0.2, 0.25) is 0 Å². The van der Waals surface area contributed by atoms with E-state index in [0.717, 1.165) is 6.07 Å². The molecule has 0 saturated heterocycles. The third kappa shape index (κ3) is 3.89. The molecule has 0 bridgehead atoms. The monoisotopic (exact) mass is 230 g/mol. The molecule has 0 aliphatic rings. The van der Waals surface area contributed by atoms with Crippen LogP contribution in [0.4, 0.5) is 8.78 Å². The van der Waals surface area contributed by atoms with Crippen molar-refractivity contribution in [2.75, 3.05) is 13.6 Å². The number of likely N-dealkylation sites (N-methyl/N-ethyl adjacent to an activating group) is 1. The summed E-state index contributed by atoms with van der Waals surface area (Å²) in [4.78, 5) is 2.20. The van der Waals surface area contributed by atoms with Crippen molar-refractivity contribution in [3.8, 4) is 0 Å². The molecule has 1 rings (SSSR count). The number of halogens is 2. The highest BCUT2D eigenvalue weighted by atomic mass is 32.1. The van der Waals surface area contributed by atoms with E-state index in [1.807, 2.05) is 4.90 Å². The smallest absolute Gasteiger partial charge is 0.159 e. The predicted octanol–water partition coefficient (Wildman–Crippen LogP) is 1.68. The first-order chi connectivity index (χ1) is 6.99. The lowest BCUT2D eigenvalue weighted by molar-refractivity contribution is 0.373. The summed E-state index contributed by atoms with van der Waals surface area (Å²) in [5.74, 6) is -1.67. The fourth-order valence-corrected chi connectivity index (χ4v) is 1.49. The van der Waals surface area contributed by atoms with Crippen molar-refractivity contribution in [1.82, 2.24) is 4.90 Å². The van der Waals surface area contributed by atoms with Crippen LogP contribution in [0.1, 0.15) is 5.56 Å². The zero-order chi connectivity index (χ0) is 11.4. The second-order valence-corrected chi connectivity index (χ2v) is 3.91. The van der Waals surface area contributed by atoms with Crippen molar-refractivity contribution < 1.29 is 8.78 Å². The van der Waals surface area contributed by atoms with E-state index in [2.05, 4.69) is 0 Å². The number of hydrogen-bond donors (Lipinski definition) is 1. The first-order valence-electron chi connectivity index (χ1n) is 4.40. The Hall–Kier alpha value is -1.07. The van der Waals surface area contributed by atoms with Crippen molar-refractivity contribution in [3.63, 3.8) is 0 Å². The Labute approximate surface area is 92.7 Å². The molecule has 5 heteroatoms. The summed E-state index contributed by atoms with van der Waals surface area (Å²) in [6.45, 7) is 0.933. The maximum atomic E-state index is 12.8. The van der Waals surface area contributed by atoms with Crippen LogP contribution in [0.5, 0.6) is 0 Å². The van der Waals surface area contributed by atoms with Gasteiger partial charge in [0.05, 0.1) is 4.99 Å². The van der Waals surface area contributed by atoms with Crippen LogP contribution >= 0.6 is 12.2 Å². The molecule has 0 fully saturated rings. The van der Waals surface area contributed by atoms with Crippen LogP contribution in [0.3, 0.4) is 0 Å². The van der Waals surface area contributed by atoms with Gasteiger partial charge in [-0.2, -0.15) is 0 Å². The molecule has 0 atom stereocenters. The van der Waals surface area contributed by atoms with E-state index >= 15 is 0 Å². The third-order valence-electron chi connectivity index (χ3n) is 1.86. The summed E-state index contributed by atoms with van der Waals surface area (Å²) in [5.41, 5.74) is 6.04. The van der Waals surface area contributed by atoms with Gasteiger partial charge in [0.1, 0.15) is 0 Å². The topological polar surface area (TPSA) is 29.3 Å². The fourth-order valence-electron chi connectivity index (χ4n) is 1.27. The molecule has 0 radical (unpaired) electrons. The van der Waals surface area contributed by atoms with E-state index in [1.54, 1.807) is 7.05 Å². The van der Waals surface area contributed by atoms with Crippen LogP contribution in [0, 0.1) is 11.6 Å². The molecule has 0 aromatic heterocycles. The van der Waals surface area contributed by atoms with Gasteiger partial charge in [0.15, 0.2) is 11.6 Å². The minimum absolute atomic E-state index is 0.375. The van der Waals surface area contributed by atoms with Gasteiger partial charge in [-0.3, -0.25) is 4.90 Å². The SMILES string of the molecule is CN(CC(N)=S)Cc1ccc(F)c(F)c1. The molecule has 0 unspecified atom stereocenters. The minimum atomic E-state index is -0.837. The molecule has 0 saturated carbocycles. The van der Waals surface area contributed by atoms with Crippen LogP contribution < -0.4 is 5.73 Å². The van der Waals surface area contributed by atoms with Crippen LogP contribution in [0.25, 0.3) is 0 Å². The van der Waals surface area contributed by atoms with Gasteiger partial charge in [-0.15, -0.1) is 0 Å². The quantitative estimate of drug-likeness (QED) is 0.798. The van der Waals surface area contributed by atoms with Crippen molar-refractivity contribution >= 4 is 17.2 Å². The van der Waals surface area contributed by atoms with E-state index in [4.69, 9.17) is 18.0 Å². The van der Waals surface area contributed by atoms with Crippen molar-refractivity contribution in [3.05, 3.63) is 35.4 Å². The molecule has 2 nitrogen and oxygen atoms in total. The third-order valence-corrected chi connectivity index (χ3v) is 1.99. The predicted molar refractivity (Wildman–Crippen MR) is 59.5 cm³/mol. The molecule has 1 aromatic rings. The van der Waals surface area contributed by atoms with Gasteiger partial charge in [-0.1, -0.05) is 18.3 Å². The number of thiocarbonyl (C=S) groups is 1. The highest BCUT2D eigenvalue weighted by Crippen LogP contribution is 2.10. The van der Waals surface area contributed by atoms with Crippen LogP contribution in [-0.2, 0) is 6.54 Å². The van der Waals surface area contributed by atoms with Crippen molar-refractivity contribution in [1.29, 1.82) is 0 Å². The molecule has 0 aliphatic heterocycles. The summed E-state index contributed by atoms with van der Waals surface area (Å²) < 4.78 is 25.5. The van der Waals surface area contributed by atoms with Crippen LogP contribution in [-0.4, -0.2) is 23.5 Å². The fraction of sp³-hybridized carbons (Fsp3) is 0.300. The van der Waals surface area contributed by atoms with E-state index in [-0.39, 0.29) is 0 Å². The minimum Gasteiger partial charge on any atom is -0.392 e. The molecule has 15 heavy (non-hydrogen) atoms. The Bertz CT molecular complexity index is 368. The van der Waals surface area contributed by atoms with Gasteiger partial charge in [0.25, 0.3) is 0 Å². The van der Waals surface area contributed by atoms with E-state index in [9.17, 15) is 8.78 Å². The zero-order valence-corrected chi connectivity index (χ0v) is 9.15. The highest BCUT2D eigenvalue weighted by molar-refractivity contribution is 7.80. The molecule has 0 amide bonds. The summed E-state index contributed by atoms with van der Waals surface area (Å²) in [6.07, 6.45) is 0. The summed E-state index contributed by atoms with van der Waals surface area (Å²) in [7, 11) is 1.81. The molecule has 0 aliphatic carbocycles. The molecule has 1 aromatic carbocycles. The summed E-state index contributed by atoms with van der Waals surface area (Å²) >= 11 is 4.74. The molecule has 2 N–H and O–H groups in total. The Morgan fingerprint density at radius 2 is 2.07 bits per heavy atom. The average Bonchev–Trinajstić information content (AvgIpc) is 2.10. The van der Waals surface area contributed by atoms with Crippen molar-refractivity contribution in [2.24, 2.45) is 5.73 Å². The maximum Gasteiger partial charge on any atom is 0.159 e. The molecule has 0 spiro atoms. The normalized spacial score (nSPS) is 10.7. The Balaban J connectivity index is 2.64. The zero-order valence-electron chi connectivity index (χ0n) is 8.34. The van der Waals surface area contributed by atoms with E-state index in [0.29, 0.717) is 23.6 Å². The number of nitrogens with two attached hydrogens (primary N) is 1.